The summed E-state index contributed by atoms with van der Waals surface area (Å²) >= 11 is 0. The van der Waals surface area contributed by atoms with E-state index in [0.29, 0.717) is 6.04 Å². The van der Waals surface area contributed by atoms with E-state index in [9.17, 15) is 0 Å². The Morgan fingerprint density at radius 3 is 2.95 bits per heavy atom. The Bertz CT molecular complexity index is 519. The van der Waals surface area contributed by atoms with E-state index in [1.807, 2.05) is 23.1 Å². The maximum atomic E-state index is 4.34. The van der Waals surface area contributed by atoms with Crippen LogP contribution in [0.5, 0.6) is 0 Å². The fourth-order valence-electron chi connectivity index (χ4n) is 3.12. The first-order valence-electron chi connectivity index (χ1n) is 7.24. The number of rotatable bonds is 4. The van der Waals surface area contributed by atoms with Crippen molar-refractivity contribution in [2.24, 2.45) is 5.92 Å². The molecule has 1 fully saturated rings. The summed E-state index contributed by atoms with van der Waals surface area (Å²) in [6, 6.07) is 11.0. The van der Waals surface area contributed by atoms with Gasteiger partial charge in [-0.05, 0) is 37.0 Å². The fourth-order valence-corrected chi connectivity index (χ4v) is 3.12. The van der Waals surface area contributed by atoms with E-state index in [0.717, 1.165) is 11.6 Å². The molecule has 3 rings (SSSR count). The van der Waals surface area contributed by atoms with Crippen LogP contribution in [0.3, 0.4) is 0 Å². The van der Waals surface area contributed by atoms with Crippen molar-refractivity contribution in [1.29, 1.82) is 0 Å². The zero-order valence-corrected chi connectivity index (χ0v) is 11.4. The summed E-state index contributed by atoms with van der Waals surface area (Å²) < 4.78 is 1.93. The van der Waals surface area contributed by atoms with Crippen LogP contribution in [-0.2, 0) is 0 Å². The predicted molar refractivity (Wildman–Crippen MR) is 78.6 cm³/mol. The summed E-state index contributed by atoms with van der Waals surface area (Å²) in [5.74, 6) is 0.811. The summed E-state index contributed by atoms with van der Waals surface area (Å²) in [4.78, 5) is 0. The zero-order valence-electron chi connectivity index (χ0n) is 11.4. The Labute approximate surface area is 114 Å². The average Bonchev–Trinajstić information content (AvgIpc) is 3.10. The molecule has 19 heavy (non-hydrogen) atoms. The second-order valence-electron chi connectivity index (χ2n) is 5.32. The van der Waals surface area contributed by atoms with Gasteiger partial charge >= 0.3 is 0 Å². The van der Waals surface area contributed by atoms with Crippen LogP contribution in [0.2, 0.25) is 0 Å². The molecule has 0 radical (unpaired) electrons. The molecule has 0 aliphatic heterocycles. The van der Waals surface area contributed by atoms with E-state index < -0.39 is 0 Å². The predicted octanol–water partition coefficient (Wildman–Crippen LogP) is 3.86. The third kappa shape index (κ3) is 2.50. The molecular formula is C16H21N3. The molecule has 3 nitrogen and oxygen atoms in total. The van der Waals surface area contributed by atoms with Crippen molar-refractivity contribution < 1.29 is 0 Å². The SMILES string of the molecule is CCC1CCCC1Nc1ccccc1-n1cccn1. The van der Waals surface area contributed by atoms with Crippen LogP contribution in [0.1, 0.15) is 32.6 Å². The molecular weight excluding hydrogens is 234 g/mol. The third-order valence-corrected chi connectivity index (χ3v) is 4.18. The van der Waals surface area contributed by atoms with E-state index in [2.05, 4.69) is 41.6 Å². The van der Waals surface area contributed by atoms with Crippen molar-refractivity contribution in [3.05, 3.63) is 42.7 Å². The van der Waals surface area contributed by atoms with Gasteiger partial charge < -0.3 is 5.32 Å². The number of benzene rings is 1. The second kappa shape index (κ2) is 5.47. The summed E-state index contributed by atoms with van der Waals surface area (Å²) in [5.41, 5.74) is 2.32. The molecule has 2 unspecified atom stereocenters. The molecule has 0 bridgehead atoms. The maximum absolute atomic E-state index is 4.34. The summed E-state index contributed by atoms with van der Waals surface area (Å²) in [5, 5.41) is 8.08. The molecule has 1 heterocycles. The minimum absolute atomic E-state index is 0.613. The smallest absolute Gasteiger partial charge is 0.0876 e. The number of hydrogen-bond donors (Lipinski definition) is 1. The van der Waals surface area contributed by atoms with Crippen LogP contribution >= 0.6 is 0 Å². The van der Waals surface area contributed by atoms with Crippen molar-refractivity contribution in [3.63, 3.8) is 0 Å². The number of nitrogens with zero attached hydrogens (tertiary/aromatic N) is 2. The lowest BCUT2D eigenvalue weighted by Crippen LogP contribution is -2.24. The average molecular weight is 255 g/mol. The number of nitrogens with one attached hydrogen (secondary N) is 1. The van der Waals surface area contributed by atoms with Crippen molar-refractivity contribution in [3.8, 4) is 5.69 Å². The highest BCUT2D eigenvalue weighted by Gasteiger charge is 2.26. The molecule has 100 valence electrons. The van der Waals surface area contributed by atoms with Crippen LogP contribution in [0.4, 0.5) is 5.69 Å². The summed E-state index contributed by atoms with van der Waals surface area (Å²) in [7, 11) is 0. The highest BCUT2D eigenvalue weighted by Crippen LogP contribution is 2.32. The van der Waals surface area contributed by atoms with E-state index in [1.54, 1.807) is 0 Å². The molecule has 1 N–H and O–H groups in total. The molecule has 0 saturated heterocycles. The Hall–Kier alpha value is -1.77. The molecule has 2 aromatic rings. The van der Waals surface area contributed by atoms with Gasteiger partial charge in [0, 0.05) is 18.4 Å². The van der Waals surface area contributed by atoms with E-state index in [-0.39, 0.29) is 0 Å². The third-order valence-electron chi connectivity index (χ3n) is 4.18. The van der Waals surface area contributed by atoms with Gasteiger partial charge in [-0.15, -0.1) is 0 Å². The fraction of sp³-hybridized carbons (Fsp3) is 0.438. The monoisotopic (exact) mass is 255 g/mol. The molecule has 1 aromatic heterocycles. The number of para-hydroxylation sites is 2. The summed E-state index contributed by atoms with van der Waals surface area (Å²) in [6.07, 6.45) is 9.07. The lowest BCUT2D eigenvalue weighted by molar-refractivity contribution is 0.489. The van der Waals surface area contributed by atoms with E-state index >= 15 is 0 Å². The highest BCUT2D eigenvalue weighted by molar-refractivity contribution is 5.61. The Morgan fingerprint density at radius 2 is 2.16 bits per heavy atom. The van der Waals surface area contributed by atoms with Gasteiger partial charge in [-0.1, -0.05) is 31.9 Å². The normalized spacial score (nSPS) is 22.6. The Morgan fingerprint density at radius 1 is 1.26 bits per heavy atom. The molecule has 1 aliphatic rings. The molecule has 1 aliphatic carbocycles. The van der Waals surface area contributed by atoms with Gasteiger partial charge in [-0.2, -0.15) is 5.10 Å². The molecule has 1 aromatic carbocycles. The van der Waals surface area contributed by atoms with Gasteiger partial charge in [0.1, 0.15) is 0 Å². The van der Waals surface area contributed by atoms with Gasteiger partial charge in [0.15, 0.2) is 0 Å². The van der Waals surface area contributed by atoms with Crippen LogP contribution in [0, 0.1) is 5.92 Å². The molecule has 3 heteroatoms. The minimum atomic E-state index is 0.613. The van der Waals surface area contributed by atoms with Crippen LogP contribution in [-0.4, -0.2) is 15.8 Å². The first-order chi connectivity index (χ1) is 9.38. The maximum Gasteiger partial charge on any atom is 0.0876 e. The molecule has 1 saturated carbocycles. The van der Waals surface area contributed by atoms with E-state index in [4.69, 9.17) is 0 Å². The quantitative estimate of drug-likeness (QED) is 0.899. The Kier molecular flexibility index (Phi) is 3.53. The number of aromatic nitrogens is 2. The lowest BCUT2D eigenvalue weighted by Gasteiger charge is -2.22. The van der Waals surface area contributed by atoms with Gasteiger partial charge in [-0.25, -0.2) is 4.68 Å². The van der Waals surface area contributed by atoms with Crippen molar-refractivity contribution in [2.75, 3.05) is 5.32 Å². The van der Waals surface area contributed by atoms with E-state index in [1.165, 1.54) is 31.4 Å². The minimum Gasteiger partial charge on any atom is -0.380 e. The first kappa shape index (κ1) is 12.3. The van der Waals surface area contributed by atoms with Crippen LogP contribution in [0.15, 0.2) is 42.7 Å². The number of anilines is 1. The molecule has 0 amide bonds. The largest absolute Gasteiger partial charge is 0.380 e. The van der Waals surface area contributed by atoms with Crippen molar-refractivity contribution in [2.45, 2.75) is 38.6 Å². The van der Waals surface area contributed by atoms with Gasteiger partial charge in [0.25, 0.3) is 0 Å². The lowest BCUT2D eigenvalue weighted by atomic mass is 10.0. The molecule has 2 atom stereocenters. The topological polar surface area (TPSA) is 29.9 Å². The highest BCUT2D eigenvalue weighted by atomic mass is 15.3. The summed E-state index contributed by atoms with van der Waals surface area (Å²) in [6.45, 7) is 2.30. The van der Waals surface area contributed by atoms with Crippen LogP contribution in [0.25, 0.3) is 5.69 Å². The van der Waals surface area contributed by atoms with Crippen molar-refractivity contribution >= 4 is 5.69 Å². The standard InChI is InChI=1S/C16H21N3/c1-2-13-7-5-9-14(13)18-15-8-3-4-10-16(15)19-12-6-11-17-19/h3-4,6,8,10-14,18H,2,5,7,9H2,1H3. The molecule has 0 spiro atoms. The van der Waals surface area contributed by atoms with Gasteiger partial charge in [-0.3, -0.25) is 0 Å². The van der Waals surface area contributed by atoms with Crippen molar-refractivity contribution in [1.82, 2.24) is 9.78 Å². The second-order valence-corrected chi connectivity index (χ2v) is 5.32. The Balaban J connectivity index is 1.85. The zero-order chi connectivity index (χ0) is 13.1. The van der Waals surface area contributed by atoms with Gasteiger partial charge in [0.05, 0.1) is 11.4 Å². The first-order valence-corrected chi connectivity index (χ1v) is 7.24. The van der Waals surface area contributed by atoms with Crippen LogP contribution < -0.4 is 5.32 Å². The number of hydrogen-bond acceptors (Lipinski definition) is 2. The van der Waals surface area contributed by atoms with Gasteiger partial charge in [0.2, 0.25) is 0 Å².